The molecule has 1 heterocycles. The molecule has 2 aromatic carbocycles. The van der Waals surface area contributed by atoms with E-state index in [1.807, 2.05) is 17.5 Å². The van der Waals surface area contributed by atoms with Crippen LogP contribution in [0, 0.1) is 11.6 Å². The fourth-order valence-electron chi connectivity index (χ4n) is 2.40. The molecular weight excluding hydrogens is 278 g/mol. The van der Waals surface area contributed by atoms with Gasteiger partial charge in [0.15, 0.2) is 11.6 Å². The van der Waals surface area contributed by atoms with Crippen molar-refractivity contribution in [1.29, 1.82) is 0 Å². The van der Waals surface area contributed by atoms with E-state index in [4.69, 9.17) is 0 Å². The lowest BCUT2D eigenvalue weighted by molar-refractivity contribution is 0.0987. The number of aliphatic hydroxyl groups is 1. The van der Waals surface area contributed by atoms with Gasteiger partial charge in [0, 0.05) is 15.8 Å². The first kappa shape index (κ1) is 13.2. The molecule has 1 unspecified atom stereocenters. The predicted octanol–water partition coefficient (Wildman–Crippen LogP) is 4.44. The van der Waals surface area contributed by atoms with Crippen LogP contribution in [-0.4, -0.2) is 5.11 Å². The van der Waals surface area contributed by atoms with Gasteiger partial charge in [0.05, 0.1) is 0 Å². The zero-order valence-corrected chi connectivity index (χ0v) is 11.5. The molecular formula is C16H12F2OS. The number of rotatable bonds is 2. The maximum Gasteiger partial charge on any atom is 0.165 e. The van der Waals surface area contributed by atoms with E-state index in [-0.39, 0.29) is 5.56 Å². The fraction of sp³-hybridized carbons (Fsp3) is 0.125. The predicted molar refractivity (Wildman–Crippen MR) is 76.9 cm³/mol. The molecule has 0 fully saturated rings. The van der Waals surface area contributed by atoms with Crippen molar-refractivity contribution in [1.82, 2.24) is 0 Å². The number of benzene rings is 2. The smallest absolute Gasteiger partial charge is 0.165 e. The minimum atomic E-state index is -1.59. The quantitative estimate of drug-likeness (QED) is 0.740. The average molecular weight is 290 g/mol. The van der Waals surface area contributed by atoms with Crippen LogP contribution >= 0.6 is 11.3 Å². The maximum absolute atomic E-state index is 14.0. The van der Waals surface area contributed by atoms with Crippen molar-refractivity contribution < 1.29 is 13.9 Å². The third-order valence-corrected chi connectivity index (χ3v) is 4.44. The van der Waals surface area contributed by atoms with E-state index in [0.717, 1.165) is 16.2 Å². The molecule has 1 N–H and O–H groups in total. The minimum Gasteiger partial charge on any atom is -0.381 e. The van der Waals surface area contributed by atoms with Gasteiger partial charge in [-0.3, -0.25) is 0 Å². The van der Waals surface area contributed by atoms with Crippen LogP contribution in [0.1, 0.15) is 18.1 Å². The van der Waals surface area contributed by atoms with Crippen LogP contribution in [-0.2, 0) is 5.60 Å². The molecule has 0 saturated carbocycles. The van der Waals surface area contributed by atoms with Gasteiger partial charge in [-0.1, -0.05) is 30.3 Å². The van der Waals surface area contributed by atoms with Gasteiger partial charge in [0.25, 0.3) is 0 Å². The Balaban J connectivity index is 2.26. The van der Waals surface area contributed by atoms with Gasteiger partial charge in [0.2, 0.25) is 0 Å². The van der Waals surface area contributed by atoms with Crippen molar-refractivity contribution in [2.75, 3.05) is 0 Å². The number of hydrogen-bond acceptors (Lipinski definition) is 2. The Morgan fingerprint density at radius 2 is 1.70 bits per heavy atom. The molecule has 1 nitrogen and oxygen atoms in total. The summed E-state index contributed by atoms with van der Waals surface area (Å²) in [5.41, 5.74) is -1.07. The largest absolute Gasteiger partial charge is 0.381 e. The van der Waals surface area contributed by atoms with Crippen molar-refractivity contribution in [2.24, 2.45) is 0 Å². The van der Waals surface area contributed by atoms with Gasteiger partial charge >= 0.3 is 0 Å². The summed E-state index contributed by atoms with van der Waals surface area (Å²) in [7, 11) is 0. The highest BCUT2D eigenvalue weighted by molar-refractivity contribution is 7.17. The Bertz CT molecular complexity index is 777. The van der Waals surface area contributed by atoms with Crippen molar-refractivity contribution >= 4 is 21.4 Å². The van der Waals surface area contributed by atoms with E-state index in [2.05, 4.69) is 0 Å². The third kappa shape index (κ3) is 1.92. The minimum absolute atomic E-state index is 0.0570. The van der Waals surface area contributed by atoms with E-state index < -0.39 is 17.2 Å². The van der Waals surface area contributed by atoms with E-state index >= 15 is 0 Å². The topological polar surface area (TPSA) is 20.2 Å². The van der Waals surface area contributed by atoms with Crippen LogP contribution in [0.3, 0.4) is 0 Å². The van der Waals surface area contributed by atoms with E-state index in [9.17, 15) is 13.9 Å². The van der Waals surface area contributed by atoms with E-state index in [1.165, 1.54) is 30.4 Å². The molecule has 1 atom stereocenters. The Labute approximate surface area is 119 Å². The second-order valence-electron chi connectivity index (χ2n) is 4.82. The molecule has 102 valence electrons. The average Bonchev–Trinajstić information content (AvgIpc) is 2.89. The van der Waals surface area contributed by atoms with Crippen molar-refractivity contribution in [3.05, 3.63) is 70.6 Å². The lowest BCUT2D eigenvalue weighted by atomic mass is 9.87. The van der Waals surface area contributed by atoms with Crippen molar-refractivity contribution in [3.8, 4) is 0 Å². The maximum atomic E-state index is 14.0. The van der Waals surface area contributed by atoms with Gasteiger partial charge in [-0.2, -0.15) is 0 Å². The molecule has 1 aromatic heterocycles. The van der Waals surface area contributed by atoms with E-state index in [0.29, 0.717) is 5.56 Å². The highest BCUT2D eigenvalue weighted by Crippen LogP contribution is 2.37. The number of hydrogen-bond donors (Lipinski definition) is 1. The Morgan fingerprint density at radius 3 is 2.50 bits per heavy atom. The third-order valence-electron chi connectivity index (χ3n) is 3.48. The second kappa shape index (κ2) is 4.65. The van der Waals surface area contributed by atoms with Crippen molar-refractivity contribution in [3.63, 3.8) is 0 Å². The summed E-state index contributed by atoms with van der Waals surface area (Å²) in [5.74, 6) is -1.97. The Morgan fingerprint density at radius 1 is 1.00 bits per heavy atom. The zero-order chi connectivity index (χ0) is 14.3. The van der Waals surface area contributed by atoms with Gasteiger partial charge in [0.1, 0.15) is 5.60 Å². The summed E-state index contributed by atoms with van der Waals surface area (Å²) in [6.45, 7) is 1.49. The van der Waals surface area contributed by atoms with Crippen molar-refractivity contribution in [2.45, 2.75) is 12.5 Å². The number of thiophene rings is 1. The Hall–Kier alpha value is -1.78. The molecule has 20 heavy (non-hydrogen) atoms. The molecule has 0 aliphatic heterocycles. The highest BCUT2D eigenvalue weighted by Gasteiger charge is 2.31. The van der Waals surface area contributed by atoms with Crippen LogP contribution in [0.4, 0.5) is 8.78 Å². The summed E-state index contributed by atoms with van der Waals surface area (Å²) in [6, 6.07) is 11.2. The molecule has 0 bridgehead atoms. The molecule has 0 amide bonds. The summed E-state index contributed by atoms with van der Waals surface area (Å²) in [4.78, 5) is 0. The Kier molecular flexibility index (Phi) is 3.07. The summed E-state index contributed by atoms with van der Waals surface area (Å²) < 4.78 is 28.2. The first-order chi connectivity index (χ1) is 9.51. The van der Waals surface area contributed by atoms with Gasteiger partial charge in [-0.25, -0.2) is 8.78 Å². The van der Waals surface area contributed by atoms with Crippen LogP contribution in [0.25, 0.3) is 10.1 Å². The van der Waals surface area contributed by atoms with Crippen LogP contribution in [0.15, 0.2) is 47.8 Å². The molecule has 0 saturated heterocycles. The second-order valence-corrected chi connectivity index (χ2v) is 5.73. The first-order valence-electron chi connectivity index (χ1n) is 6.15. The molecule has 0 spiro atoms. The first-order valence-corrected chi connectivity index (χ1v) is 7.03. The standard InChI is InChI=1S/C16H12F2OS/c1-16(19,11-5-3-7-13(17)14(11)18)12-6-2-4-10-8-9-20-15(10)12/h2-9,19H,1H3. The summed E-state index contributed by atoms with van der Waals surface area (Å²) >= 11 is 1.47. The van der Waals surface area contributed by atoms with Gasteiger partial charge in [-0.15, -0.1) is 11.3 Å². The monoisotopic (exact) mass is 290 g/mol. The van der Waals surface area contributed by atoms with Crippen LogP contribution in [0.2, 0.25) is 0 Å². The highest BCUT2D eigenvalue weighted by atomic mass is 32.1. The fourth-order valence-corrected chi connectivity index (χ4v) is 3.42. The molecule has 0 aliphatic carbocycles. The number of fused-ring (bicyclic) bond motifs is 1. The van der Waals surface area contributed by atoms with Crippen LogP contribution < -0.4 is 0 Å². The van der Waals surface area contributed by atoms with Gasteiger partial charge < -0.3 is 5.11 Å². The SMILES string of the molecule is CC(O)(c1cccc(F)c1F)c1cccc2ccsc12. The van der Waals surface area contributed by atoms with Crippen LogP contribution in [0.5, 0.6) is 0 Å². The zero-order valence-electron chi connectivity index (χ0n) is 10.7. The lowest BCUT2D eigenvalue weighted by Gasteiger charge is -2.25. The molecule has 4 heteroatoms. The molecule has 0 radical (unpaired) electrons. The van der Waals surface area contributed by atoms with Gasteiger partial charge in [-0.05, 0) is 29.8 Å². The van der Waals surface area contributed by atoms with E-state index in [1.54, 1.807) is 12.1 Å². The summed E-state index contributed by atoms with van der Waals surface area (Å²) in [6.07, 6.45) is 0. The molecule has 3 aromatic rings. The summed E-state index contributed by atoms with van der Waals surface area (Å²) in [5, 5.41) is 13.7. The lowest BCUT2D eigenvalue weighted by Crippen LogP contribution is -2.24. The number of halogens is 2. The molecule has 3 rings (SSSR count). The molecule has 0 aliphatic rings. The normalized spacial score (nSPS) is 14.4.